The second kappa shape index (κ2) is 13.5. The van der Waals surface area contributed by atoms with Crippen LogP contribution in [0.3, 0.4) is 0 Å². The Morgan fingerprint density at radius 3 is 2.45 bits per heavy atom. The van der Waals surface area contributed by atoms with Gasteiger partial charge in [0.1, 0.15) is 24.0 Å². The Morgan fingerprint density at radius 1 is 1.07 bits per heavy atom. The third-order valence-electron chi connectivity index (χ3n) is 7.23. The van der Waals surface area contributed by atoms with E-state index in [1.54, 1.807) is 37.8 Å². The van der Waals surface area contributed by atoms with Crippen LogP contribution in [0.15, 0.2) is 66.7 Å². The summed E-state index contributed by atoms with van der Waals surface area (Å²) in [5.74, 6) is -1.06. The SMILES string of the molecule is CC(C)(C)OC(=O)NC(Cc1ccc(F)cc1)C(=O)N1CC(=O)N(CCc2ccc3ccccc3c2)CC1CCC#N. The first-order valence-electron chi connectivity index (χ1n) is 14.2. The maximum absolute atomic E-state index is 13.9. The van der Waals surface area contributed by atoms with Crippen LogP contribution in [0.5, 0.6) is 0 Å². The molecular weight excluding hydrogens is 535 g/mol. The molecule has 0 aromatic heterocycles. The van der Waals surface area contributed by atoms with Crippen molar-refractivity contribution < 1.29 is 23.5 Å². The summed E-state index contributed by atoms with van der Waals surface area (Å²) in [6.07, 6.45) is 0.570. The second-order valence-electron chi connectivity index (χ2n) is 11.6. The Balaban J connectivity index is 1.50. The molecule has 2 atom stereocenters. The van der Waals surface area contributed by atoms with E-state index in [1.165, 1.54) is 17.0 Å². The fourth-order valence-corrected chi connectivity index (χ4v) is 5.15. The fraction of sp³-hybridized carbons (Fsp3) is 0.394. The molecule has 42 heavy (non-hydrogen) atoms. The van der Waals surface area contributed by atoms with Gasteiger partial charge < -0.3 is 19.9 Å². The summed E-state index contributed by atoms with van der Waals surface area (Å²) in [7, 11) is 0. The standard InChI is InChI=1S/C33H37FN4O4/c1-33(2,3)42-32(41)36-29(20-23-11-14-27(34)15-12-23)31(40)38-22-30(39)37(21-28(38)9-6-17-35)18-16-24-10-13-25-7-4-5-8-26(25)19-24/h4-5,7-8,10-15,19,28-29H,6,9,16,18,20-22H2,1-3H3,(H,36,41). The highest BCUT2D eigenvalue weighted by Gasteiger charge is 2.38. The number of hydrogen-bond donors (Lipinski definition) is 1. The van der Waals surface area contributed by atoms with Crippen molar-refractivity contribution in [3.63, 3.8) is 0 Å². The third-order valence-corrected chi connectivity index (χ3v) is 7.23. The number of fused-ring (bicyclic) bond motifs is 1. The molecule has 3 amide bonds. The van der Waals surface area contributed by atoms with Crippen molar-refractivity contribution in [3.8, 4) is 6.07 Å². The van der Waals surface area contributed by atoms with Crippen molar-refractivity contribution in [1.29, 1.82) is 5.26 Å². The topological polar surface area (TPSA) is 103 Å². The summed E-state index contributed by atoms with van der Waals surface area (Å²) in [4.78, 5) is 43.1. The zero-order valence-electron chi connectivity index (χ0n) is 24.3. The van der Waals surface area contributed by atoms with Crippen LogP contribution in [0.1, 0.15) is 44.7 Å². The number of halogens is 1. The molecule has 8 nitrogen and oxygen atoms in total. The molecule has 1 heterocycles. The maximum atomic E-state index is 13.9. The molecule has 9 heteroatoms. The molecule has 0 saturated carbocycles. The van der Waals surface area contributed by atoms with E-state index in [0.717, 1.165) is 16.3 Å². The summed E-state index contributed by atoms with van der Waals surface area (Å²) in [5.41, 5.74) is 0.962. The highest BCUT2D eigenvalue weighted by Crippen LogP contribution is 2.21. The molecule has 0 bridgehead atoms. The van der Waals surface area contributed by atoms with Crippen molar-refractivity contribution in [2.24, 2.45) is 0 Å². The van der Waals surface area contributed by atoms with E-state index in [2.05, 4.69) is 41.7 Å². The monoisotopic (exact) mass is 572 g/mol. The van der Waals surface area contributed by atoms with Crippen LogP contribution in [0.25, 0.3) is 10.8 Å². The highest BCUT2D eigenvalue weighted by molar-refractivity contribution is 5.91. The molecule has 1 aliphatic heterocycles. The smallest absolute Gasteiger partial charge is 0.408 e. The van der Waals surface area contributed by atoms with Gasteiger partial charge in [-0.2, -0.15) is 5.26 Å². The molecule has 1 N–H and O–H groups in total. The lowest BCUT2D eigenvalue weighted by Gasteiger charge is -2.42. The molecule has 1 aliphatic rings. The zero-order valence-corrected chi connectivity index (χ0v) is 24.3. The van der Waals surface area contributed by atoms with Crippen molar-refractivity contribution in [3.05, 3.63) is 83.7 Å². The van der Waals surface area contributed by atoms with E-state index in [-0.39, 0.29) is 31.8 Å². The summed E-state index contributed by atoms with van der Waals surface area (Å²) in [6.45, 7) is 5.76. The number of amides is 3. The van der Waals surface area contributed by atoms with Crippen molar-refractivity contribution >= 4 is 28.7 Å². The zero-order chi connectivity index (χ0) is 30.3. The van der Waals surface area contributed by atoms with Gasteiger partial charge in [0.2, 0.25) is 11.8 Å². The molecular formula is C33H37FN4O4. The summed E-state index contributed by atoms with van der Waals surface area (Å²) < 4.78 is 18.9. The molecule has 4 rings (SSSR count). The fourth-order valence-electron chi connectivity index (χ4n) is 5.15. The predicted octanol–water partition coefficient (Wildman–Crippen LogP) is 5.00. The Hall–Kier alpha value is -4.45. The molecule has 1 saturated heterocycles. The number of nitrogens with zero attached hydrogens (tertiary/aromatic N) is 3. The summed E-state index contributed by atoms with van der Waals surface area (Å²) >= 11 is 0. The number of alkyl carbamates (subject to hydrolysis) is 1. The van der Waals surface area contributed by atoms with E-state index in [9.17, 15) is 24.0 Å². The number of benzene rings is 3. The number of carbonyl (C=O) groups is 3. The largest absolute Gasteiger partial charge is 0.444 e. The predicted molar refractivity (Wildman–Crippen MR) is 158 cm³/mol. The Morgan fingerprint density at radius 2 is 1.76 bits per heavy atom. The second-order valence-corrected chi connectivity index (χ2v) is 11.6. The minimum Gasteiger partial charge on any atom is -0.444 e. The van der Waals surface area contributed by atoms with Gasteiger partial charge in [-0.25, -0.2) is 9.18 Å². The van der Waals surface area contributed by atoms with Crippen LogP contribution in [-0.4, -0.2) is 65.0 Å². The van der Waals surface area contributed by atoms with E-state index < -0.39 is 35.5 Å². The Kier molecular flexibility index (Phi) is 9.79. The van der Waals surface area contributed by atoms with Crippen LogP contribution < -0.4 is 5.32 Å². The Bertz CT molecular complexity index is 1460. The van der Waals surface area contributed by atoms with Gasteiger partial charge in [0.15, 0.2) is 0 Å². The van der Waals surface area contributed by atoms with E-state index in [4.69, 9.17) is 4.74 Å². The van der Waals surface area contributed by atoms with E-state index >= 15 is 0 Å². The quantitative estimate of drug-likeness (QED) is 0.389. The average Bonchev–Trinajstić information content (AvgIpc) is 2.95. The van der Waals surface area contributed by atoms with Gasteiger partial charge in [0, 0.05) is 25.9 Å². The van der Waals surface area contributed by atoms with E-state index in [0.29, 0.717) is 24.9 Å². The number of ether oxygens (including phenoxy) is 1. The van der Waals surface area contributed by atoms with Crippen LogP contribution in [0.2, 0.25) is 0 Å². The molecule has 2 unspecified atom stereocenters. The lowest BCUT2D eigenvalue weighted by molar-refractivity contribution is -0.150. The average molecular weight is 573 g/mol. The van der Waals surface area contributed by atoms with Gasteiger partial charge in [-0.1, -0.05) is 54.6 Å². The van der Waals surface area contributed by atoms with Gasteiger partial charge in [-0.3, -0.25) is 9.59 Å². The van der Waals surface area contributed by atoms with Gasteiger partial charge >= 0.3 is 6.09 Å². The first kappa shape index (κ1) is 30.5. The molecule has 220 valence electrons. The van der Waals surface area contributed by atoms with Crippen LogP contribution >= 0.6 is 0 Å². The number of nitriles is 1. The molecule has 3 aromatic rings. The highest BCUT2D eigenvalue weighted by atomic mass is 19.1. The molecule has 1 fully saturated rings. The van der Waals surface area contributed by atoms with Gasteiger partial charge in [-0.05, 0) is 67.6 Å². The van der Waals surface area contributed by atoms with Crippen molar-refractivity contribution in [2.75, 3.05) is 19.6 Å². The molecule has 0 radical (unpaired) electrons. The summed E-state index contributed by atoms with van der Waals surface area (Å²) in [6, 6.07) is 20.7. The van der Waals surface area contributed by atoms with Crippen LogP contribution in [0, 0.1) is 17.1 Å². The lowest BCUT2D eigenvalue weighted by atomic mass is 10.00. The third kappa shape index (κ3) is 8.29. The molecule has 0 aliphatic carbocycles. The van der Waals surface area contributed by atoms with Gasteiger partial charge in [-0.15, -0.1) is 0 Å². The van der Waals surface area contributed by atoms with Gasteiger partial charge in [0.05, 0.1) is 12.1 Å². The van der Waals surface area contributed by atoms with Gasteiger partial charge in [0.25, 0.3) is 0 Å². The van der Waals surface area contributed by atoms with E-state index in [1.807, 2.05) is 12.1 Å². The van der Waals surface area contributed by atoms with Crippen LogP contribution in [0.4, 0.5) is 9.18 Å². The van der Waals surface area contributed by atoms with Crippen molar-refractivity contribution in [2.45, 2.75) is 64.1 Å². The first-order valence-corrected chi connectivity index (χ1v) is 14.2. The Labute approximate surface area is 246 Å². The van der Waals surface area contributed by atoms with Crippen molar-refractivity contribution in [1.82, 2.24) is 15.1 Å². The lowest BCUT2D eigenvalue weighted by Crippen LogP contribution is -2.62. The minimum absolute atomic E-state index is 0.0830. The molecule has 3 aromatic carbocycles. The number of piperazine rings is 1. The number of rotatable bonds is 9. The normalized spacial score (nSPS) is 16.2. The first-order chi connectivity index (χ1) is 20.0. The number of nitrogens with one attached hydrogen (secondary N) is 1. The number of carbonyl (C=O) groups excluding carboxylic acids is 3. The minimum atomic E-state index is -1.05. The molecule has 0 spiro atoms. The summed E-state index contributed by atoms with van der Waals surface area (Å²) in [5, 5.41) is 14.2. The van der Waals surface area contributed by atoms with Crippen LogP contribution in [-0.2, 0) is 27.2 Å². The maximum Gasteiger partial charge on any atom is 0.408 e. The number of hydrogen-bond acceptors (Lipinski definition) is 5.